The number of hydrogen-bond donors (Lipinski definition) is 2. The number of rotatable bonds is 5. The van der Waals surface area contributed by atoms with Crippen LogP contribution in [0.4, 0.5) is 11.4 Å². The Morgan fingerprint density at radius 2 is 1.71 bits per heavy atom. The molecule has 2 aromatic carbocycles. The lowest BCUT2D eigenvalue weighted by Crippen LogP contribution is -2.48. The summed E-state index contributed by atoms with van der Waals surface area (Å²) in [6, 6.07) is 12.4. The summed E-state index contributed by atoms with van der Waals surface area (Å²) in [5.74, 6) is -0.177. The summed E-state index contributed by atoms with van der Waals surface area (Å²) in [6.45, 7) is 5.11. The molecule has 1 heterocycles. The number of carbonyl (C=O) groups excluding carboxylic acids is 2. The fourth-order valence-electron chi connectivity index (χ4n) is 3.35. The standard InChI is InChI=1S/C22H24Cl2N4O2S/c1-2-3-20(29)28-12-10-27(11-13-28)17-7-5-16(6-8-17)25-22(31)26-21(30)18-9-4-15(23)14-19(18)24/h4-9,14H,2-3,10-13H2,1H3,(H2,25,26,30,31). The van der Waals surface area contributed by atoms with Gasteiger partial charge < -0.3 is 15.1 Å². The van der Waals surface area contributed by atoms with Crippen LogP contribution in [0.25, 0.3) is 0 Å². The van der Waals surface area contributed by atoms with Crippen LogP contribution in [0.5, 0.6) is 0 Å². The van der Waals surface area contributed by atoms with Gasteiger partial charge in [-0.05, 0) is 61.1 Å². The Hall–Kier alpha value is -2.35. The molecule has 1 fully saturated rings. The molecule has 164 valence electrons. The highest BCUT2D eigenvalue weighted by molar-refractivity contribution is 7.80. The van der Waals surface area contributed by atoms with Gasteiger partial charge in [-0.3, -0.25) is 14.9 Å². The topological polar surface area (TPSA) is 64.7 Å². The predicted molar refractivity (Wildman–Crippen MR) is 130 cm³/mol. The fraction of sp³-hybridized carbons (Fsp3) is 0.318. The van der Waals surface area contributed by atoms with Gasteiger partial charge in [0.25, 0.3) is 5.91 Å². The van der Waals surface area contributed by atoms with Crippen LogP contribution in [0.15, 0.2) is 42.5 Å². The molecule has 1 saturated heterocycles. The van der Waals surface area contributed by atoms with Crippen molar-refractivity contribution >= 4 is 63.7 Å². The van der Waals surface area contributed by atoms with Crippen molar-refractivity contribution in [3.63, 3.8) is 0 Å². The summed E-state index contributed by atoms with van der Waals surface area (Å²) in [5.41, 5.74) is 2.13. The van der Waals surface area contributed by atoms with Crippen molar-refractivity contribution in [2.24, 2.45) is 0 Å². The Morgan fingerprint density at radius 3 is 2.32 bits per heavy atom. The summed E-state index contributed by atoms with van der Waals surface area (Å²) in [6.07, 6.45) is 1.49. The molecular weight excluding hydrogens is 455 g/mol. The molecule has 1 aliphatic heterocycles. The molecule has 0 saturated carbocycles. The van der Waals surface area contributed by atoms with Crippen LogP contribution < -0.4 is 15.5 Å². The Kier molecular flexibility index (Phi) is 8.12. The van der Waals surface area contributed by atoms with E-state index in [0.717, 1.165) is 44.0 Å². The van der Waals surface area contributed by atoms with E-state index in [4.69, 9.17) is 35.4 Å². The second-order valence-corrected chi connectivity index (χ2v) is 8.45. The Balaban J connectivity index is 1.52. The van der Waals surface area contributed by atoms with Crippen LogP contribution in [0.2, 0.25) is 10.0 Å². The second kappa shape index (κ2) is 10.8. The molecule has 0 atom stereocenters. The molecule has 0 unspecified atom stereocenters. The molecule has 2 N–H and O–H groups in total. The monoisotopic (exact) mass is 478 g/mol. The van der Waals surface area contributed by atoms with E-state index in [-0.39, 0.29) is 16.0 Å². The van der Waals surface area contributed by atoms with E-state index in [1.807, 2.05) is 36.1 Å². The van der Waals surface area contributed by atoms with Gasteiger partial charge in [-0.2, -0.15) is 0 Å². The molecule has 31 heavy (non-hydrogen) atoms. The van der Waals surface area contributed by atoms with E-state index in [1.165, 1.54) is 6.07 Å². The molecule has 6 nitrogen and oxygen atoms in total. The largest absolute Gasteiger partial charge is 0.368 e. The van der Waals surface area contributed by atoms with E-state index in [0.29, 0.717) is 17.0 Å². The molecule has 0 radical (unpaired) electrons. The number of benzene rings is 2. The highest BCUT2D eigenvalue weighted by atomic mass is 35.5. The van der Waals surface area contributed by atoms with Gasteiger partial charge in [0, 0.05) is 49.0 Å². The average molecular weight is 479 g/mol. The Labute approximate surface area is 197 Å². The number of nitrogens with one attached hydrogen (secondary N) is 2. The van der Waals surface area contributed by atoms with Crippen molar-refractivity contribution in [1.29, 1.82) is 0 Å². The van der Waals surface area contributed by atoms with Gasteiger partial charge in [0.05, 0.1) is 10.6 Å². The van der Waals surface area contributed by atoms with E-state index in [2.05, 4.69) is 15.5 Å². The van der Waals surface area contributed by atoms with Crippen molar-refractivity contribution in [2.75, 3.05) is 36.4 Å². The fourth-order valence-corrected chi connectivity index (χ4v) is 4.05. The normalized spacial score (nSPS) is 13.6. The van der Waals surface area contributed by atoms with Crippen molar-refractivity contribution in [3.05, 3.63) is 58.1 Å². The van der Waals surface area contributed by atoms with Crippen LogP contribution in [0, 0.1) is 0 Å². The van der Waals surface area contributed by atoms with Gasteiger partial charge in [0.1, 0.15) is 0 Å². The lowest BCUT2D eigenvalue weighted by Gasteiger charge is -2.36. The summed E-state index contributed by atoms with van der Waals surface area (Å²) in [7, 11) is 0. The van der Waals surface area contributed by atoms with Crippen LogP contribution in [0.1, 0.15) is 30.1 Å². The lowest BCUT2D eigenvalue weighted by atomic mass is 10.2. The molecule has 1 aliphatic rings. The van der Waals surface area contributed by atoms with Gasteiger partial charge in [-0.1, -0.05) is 30.1 Å². The van der Waals surface area contributed by atoms with E-state index in [1.54, 1.807) is 12.1 Å². The third kappa shape index (κ3) is 6.32. The van der Waals surface area contributed by atoms with E-state index < -0.39 is 5.91 Å². The zero-order valence-electron chi connectivity index (χ0n) is 17.2. The lowest BCUT2D eigenvalue weighted by molar-refractivity contribution is -0.131. The number of anilines is 2. The first-order valence-corrected chi connectivity index (χ1v) is 11.2. The van der Waals surface area contributed by atoms with Gasteiger partial charge >= 0.3 is 0 Å². The van der Waals surface area contributed by atoms with Crippen LogP contribution >= 0.6 is 35.4 Å². The molecule has 9 heteroatoms. The maximum absolute atomic E-state index is 12.4. The molecule has 0 bridgehead atoms. The summed E-state index contributed by atoms with van der Waals surface area (Å²) in [4.78, 5) is 28.6. The zero-order chi connectivity index (χ0) is 22.4. The molecule has 0 aromatic heterocycles. The Morgan fingerprint density at radius 1 is 1.03 bits per heavy atom. The van der Waals surface area contributed by atoms with Crippen LogP contribution in [0.3, 0.4) is 0 Å². The van der Waals surface area contributed by atoms with Crippen molar-refractivity contribution in [1.82, 2.24) is 10.2 Å². The minimum absolute atomic E-state index is 0.173. The maximum Gasteiger partial charge on any atom is 0.258 e. The minimum atomic E-state index is -0.411. The third-order valence-electron chi connectivity index (χ3n) is 4.99. The highest BCUT2D eigenvalue weighted by Gasteiger charge is 2.20. The smallest absolute Gasteiger partial charge is 0.258 e. The van der Waals surface area contributed by atoms with Gasteiger partial charge in [0.15, 0.2) is 5.11 Å². The molecule has 2 aromatic rings. The Bertz CT molecular complexity index is 960. The number of halogens is 2. The number of piperazine rings is 1. The quantitative estimate of drug-likeness (QED) is 0.616. The molecular formula is C22H24Cl2N4O2S. The van der Waals surface area contributed by atoms with Crippen LogP contribution in [-0.2, 0) is 4.79 Å². The number of amides is 2. The number of carbonyl (C=O) groups is 2. The number of thiocarbonyl (C=S) groups is 1. The molecule has 3 rings (SSSR count). The first-order valence-electron chi connectivity index (χ1n) is 10.1. The maximum atomic E-state index is 12.4. The summed E-state index contributed by atoms with van der Waals surface area (Å²) in [5, 5.41) is 6.50. The predicted octanol–water partition coefficient (Wildman–Crippen LogP) is 4.57. The number of hydrogen-bond acceptors (Lipinski definition) is 4. The van der Waals surface area contributed by atoms with Gasteiger partial charge in [-0.15, -0.1) is 0 Å². The van der Waals surface area contributed by atoms with Gasteiger partial charge in [-0.25, -0.2) is 0 Å². The zero-order valence-corrected chi connectivity index (χ0v) is 19.5. The van der Waals surface area contributed by atoms with Crippen molar-refractivity contribution in [3.8, 4) is 0 Å². The van der Waals surface area contributed by atoms with E-state index in [9.17, 15) is 9.59 Å². The van der Waals surface area contributed by atoms with Gasteiger partial charge in [0.2, 0.25) is 5.91 Å². The highest BCUT2D eigenvalue weighted by Crippen LogP contribution is 2.22. The minimum Gasteiger partial charge on any atom is -0.368 e. The van der Waals surface area contributed by atoms with Crippen LogP contribution in [-0.4, -0.2) is 48.0 Å². The first kappa shape index (κ1) is 23.3. The molecule has 2 amide bonds. The SMILES string of the molecule is CCCC(=O)N1CCN(c2ccc(NC(=S)NC(=O)c3ccc(Cl)cc3Cl)cc2)CC1. The summed E-state index contributed by atoms with van der Waals surface area (Å²) < 4.78 is 0. The second-order valence-electron chi connectivity index (χ2n) is 7.20. The molecule has 0 spiro atoms. The number of nitrogens with zero attached hydrogens (tertiary/aromatic N) is 2. The first-order chi connectivity index (χ1) is 14.9. The van der Waals surface area contributed by atoms with Crippen molar-refractivity contribution < 1.29 is 9.59 Å². The van der Waals surface area contributed by atoms with E-state index >= 15 is 0 Å². The molecule has 0 aliphatic carbocycles. The average Bonchev–Trinajstić information content (AvgIpc) is 2.74. The third-order valence-corrected chi connectivity index (χ3v) is 5.74. The summed E-state index contributed by atoms with van der Waals surface area (Å²) >= 11 is 17.2. The van der Waals surface area contributed by atoms with Crippen molar-refractivity contribution in [2.45, 2.75) is 19.8 Å².